The van der Waals surface area contributed by atoms with Crippen LogP contribution < -0.4 is 10.5 Å². The fraction of sp³-hybridized carbons (Fsp3) is 0.387. The molecule has 5 rings (SSSR count). The van der Waals surface area contributed by atoms with Crippen molar-refractivity contribution in [3.63, 3.8) is 0 Å². The zero-order chi connectivity index (χ0) is 24.6. The number of ether oxygens (including phenoxy) is 1. The molecule has 1 aliphatic rings. The predicted molar refractivity (Wildman–Crippen MR) is 141 cm³/mol. The van der Waals surface area contributed by atoms with Gasteiger partial charge in [0.05, 0.1) is 12.2 Å². The van der Waals surface area contributed by atoms with E-state index in [1.165, 1.54) is 12.0 Å². The van der Waals surface area contributed by atoms with Crippen molar-refractivity contribution in [1.29, 1.82) is 0 Å². The molecule has 35 heavy (non-hydrogen) atoms. The van der Waals surface area contributed by atoms with Crippen LogP contribution in [0.1, 0.15) is 64.1 Å². The van der Waals surface area contributed by atoms with Crippen molar-refractivity contribution < 1.29 is 9.15 Å². The molecule has 4 heteroatoms. The summed E-state index contributed by atoms with van der Waals surface area (Å²) in [4.78, 5) is 12.9. The van der Waals surface area contributed by atoms with E-state index in [0.717, 1.165) is 29.2 Å². The van der Waals surface area contributed by atoms with E-state index in [1.54, 1.807) is 10.8 Å². The van der Waals surface area contributed by atoms with Gasteiger partial charge in [-0.2, -0.15) is 0 Å². The molecule has 1 heterocycles. The standard InChI is InChI=1S/C31H35NO3/c1-21-17-18-27(31(3,4)24-13-6-5-7-14-24)28(19-21)34-29-20-32(30(33)35-29)22(2)25-16-10-12-23-11-8-9-15-26(23)25/h5-16,20-22,27-28H,17-19H2,1-4H3. The summed E-state index contributed by atoms with van der Waals surface area (Å²) in [5.41, 5.74) is 2.36. The molecule has 1 aromatic heterocycles. The van der Waals surface area contributed by atoms with Crippen molar-refractivity contribution in [3.05, 3.63) is 101 Å². The summed E-state index contributed by atoms with van der Waals surface area (Å²) in [6.45, 7) is 8.94. The minimum absolute atomic E-state index is 0.0131. The fourth-order valence-corrected chi connectivity index (χ4v) is 5.94. The molecule has 4 aromatic rings. The summed E-state index contributed by atoms with van der Waals surface area (Å²) < 4.78 is 13.8. The third-order valence-electron chi connectivity index (χ3n) is 8.10. The summed E-state index contributed by atoms with van der Waals surface area (Å²) in [6.07, 6.45) is 4.96. The van der Waals surface area contributed by atoms with E-state index in [1.807, 2.05) is 25.1 Å². The number of hydrogen-bond acceptors (Lipinski definition) is 3. The molecular formula is C31H35NO3. The first-order valence-corrected chi connectivity index (χ1v) is 12.8. The molecule has 0 amide bonds. The Labute approximate surface area is 207 Å². The van der Waals surface area contributed by atoms with Gasteiger partial charge >= 0.3 is 11.7 Å². The normalized spacial score (nSPS) is 21.7. The first-order chi connectivity index (χ1) is 16.8. The molecule has 182 valence electrons. The highest BCUT2D eigenvalue weighted by atomic mass is 16.6. The van der Waals surface area contributed by atoms with Crippen LogP contribution in [0.4, 0.5) is 0 Å². The number of fused-ring (bicyclic) bond motifs is 1. The monoisotopic (exact) mass is 469 g/mol. The Hall–Kier alpha value is -3.27. The van der Waals surface area contributed by atoms with Crippen LogP contribution in [0.15, 0.2) is 88.2 Å². The quantitative estimate of drug-likeness (QED) is 0.296. The van der Waals surface area contributed by atoms with Crippen LogP contribution >= 0.6 is 0 Å². The van der Waals surface area contributed by atoms with Crippen LogP contribution in [0.25, 0.3) is 10.8 Å². The molecule has 0 spiro atoms. The molecule has 4 unspecified atom stereocenters. The lowest BCUT2D eigenvalue weighted by molar-refractivity contribution is 0.0165. The topological polar surface area (TPSA) is 44.4 Å². The molecular weight excluding hydrogens is 434 g/mol. The highest BCUT2D eigenvalue weighted by Gasteiger charge is 2.41. The van der Waals surface area contributed by atoms with Crippen molar-refractivity contribution in [3.8, 4) is 5.95 Å². The second kappa shape index (κ2) is 9.41. The summed E-state index contributed by atoms with van der Waals surface area (Å²) in [5.74, 6) is 0.828. The predicted octanol–water partition coefficient (Wildman–Crippen LogP) is 7.37. The maximum Gasteiger partial charge on any atom is 0.422 e. The van der Waals surface area contributed by atoms with Crippen molar-refractivity contribution >= 4 is 10.8 Å². The summed E-state index contributed by atoms with van der Waals surface area (Å²) in [5, 5.41) is 2.30. The second-order valence-corrected chi connectivity index (χ2v) is 10.7. The number of oxazole rings is 1. The fourth-order valence-electron chi connectivity index (χ4n) is 5.94. The van der Waals surface area contributed by atoms with Gasteiger partial charge in [-0.05, 0) is 53.0 Å². The Morgan fingerprint density at radius 3 is 2.49 bits per heavy atom. The first kappa shape index (κ1) is 23.5. The largest absolute Gasteiger partial charge is 0.460 e. The van der Waals surface area contributed by atoms with Gasteiger partial charge in [-0.15, -0.1) is 0 Å². The second-order valence-electron chi connectivity index (χ2n) is 10.7. The van der Waals surface area contributed by atoms with E-state index < -0.39 is 0 Å². The van der Waals surface area contributed by atoms with Crippen LogP contribution in [-0.4, -0.2) is 10.7 Å². The molecule has 4 atom stereocenters. The SMILES string of the molecule is CC1CCC(C(C)(C)c2ccccc2)C(Oc2cn(C(C)c3cccc4ccccc34)c(=O)o2)C1. The van der Waals surface area contributed by atoms with Gasteiger partial charge in [0.25, 0.3) is 0 Å². The molecule has 1 aliphatic carbocycles. The first-order valence-electron chi connectivity index (χ1n) is 12.8. The molecule has 0 aliphatic heterocycles. The molecule has 0 radical (unpaired) electrons. The van der Waals surface area contributed by atoms with Gasteiger partial charge in [-0.25, -0.2) is 4.79 Å². The Bertz CT molecular complexity index is 1350. The number of rotatable bonds is 6. The van der Waals surface area contributed by atoms with Gasteiger partial charge in [-0.3, -0.25) is 4.57 Å². The number of benzene rings is 3. The summed E-state index contributed by atoms with van der Waals surface area (Å²) in [6, 6.07) is 25.0. The third kappa shape index (κ3) is 4.54. The average molecular weight is 470 g/mol. The lowest BCUT2D eigenvalue weighted by Crippen LogP contribution is -2.44. The van der Waals surface area contributed by atoms with E-state index in [-0.39, 0.29) is 23.3 Å². The average Bonchev–Trinajstić information content (AvgIpc) is 3.23. The lowest BCUT2D eigenvalue weighted by Gasteiger charge is -2.43. The number of nitrogens with zero attached hydrogens (tertiary/aromatic N) is 1. The minimum Gasteiger partial charge on any atom is -0.460 e. The molecule has 0 saturated heterocycles. The maximum absolute atomic E-state index is 12.9. The van der Waals surface area contributed by atoms with E-state index in [9.17, 15) is 4.79 Å². The highest BCUT2D eigenvalue weighted by molar-refractivity contribution is 5.86. The van der Waals surface area contributed by atoms with E-state index >= 15 is 0 Å². The highest BCUT2D eigenvalue weighted by Crippen LogP contribution is 2.44. The third-order valence-corrected chi connectivity index (χ3v) is 8.10. The number of aromatic nitrogens is 1. The molecule has 4 nitrogen and oxygen atoms in total. The Kier molecular flexibility index (Phi) is 6.31. The summed E-state index contributed by atoms with van der Waals surface area (Å²) >= 11 is 0. The van der Waals surface area contributed by atoms with Gasteiger partial charge in [0.1, 0.15) is 6.10 Å². The zero-order valence-electron chi connectivity index (χ0n) is 21.1. The van der Waals surface area contributed by atoms with E-state index in [4.69, 9.17) is 9.15 Å². The van der Waals surface area contributed by atoms with E-state index in [0.29, 0.717) is 17.8 Å². The molecule has 0 N–H and O–H groups in total. The molecule has 1 saturated carbocycles. The van der Waals surface area contributed by atoms with Crippen LogP contribution in [0.3, 0.4) is 0 Å². The molecule has 3 aromatic carbocycles. The Morgan fingerprint density at radius 2 is 1.69 bits per heavy atom. The summed E-state index contributed by atoms with van der Waals surface area (Å²) in [7, 11) is 0. The Morgan fingerprint density at radius 1 is 0.971 bits per heavy atom. The van der Waals surface area contributed by atoms with E-state index in [2.05, 4.69) is 75.4 Å². The van der Waals surface area contributed by atoms with Gasteiger partial charge in [0.15, 0.2) is 0 Å². The Balaban J connectivity index is 1.43. The van der Waals surface area contributed by atoms with Crippen LogP contribution in [-0.2, 0) is 5.41 Å². The van der Waals surface area contributed by atoms with Crippen molar-refractivity contribution in [2.45, 2.75) is 64.5 Å². The maximum atomic E-state index is 12.9. The van der Waals surface area contributed by atoms with Crippen molar-refractivity contribution in [2.75, 3.05) is 0 Å². The smallest absolute Gasteiger partial charge is 0.422 e. The van der Waals surface area contributed by atoms with Gasteiger partial charge < -0.3 is 9.15 Å². The van der Waals surface area contributed by atoms with Gasteiger partial charge in [-0.1, -0.05) is 100.0 Å². The number of hydrogen-bond donors (Lipinski definition) is 0. The van der Waals surface area contributed by atoms with Crippen molar-refractivity contribution in [1.82, 2.24) is 4.57 Å². The van der Waals surface area contributed by atoms with Crippen LogP contribution in [0.5, 0.6) is 5.95 Å². The van der Waals surface area contributed by atoms with Gasteiger partial charge in [0.2, 0.25) is 0 Å². The van der Waals surface area contributed by atoms with Crippen molar-refractivity contribution in [2.24, 2.45) is 11.8 Å². The minimum atomic E-state index is -0.386. The molecule has 0 bridgehead atoms. The lowest BCUT2D eigenvalue weighted by atomic mass is 9.64. The zero-order valence-corrected chi connectivity index (χ0v) is 21.1. The molecule has 1 fully saturated rings. The van der Waals surface area contributed by atoms with Gasteiger partial charge in [0, 0.05) is 5.92 Å². The van der Waals surface area contributed by atoms with Crippen LogP contribution in [0, 0.1) is 11.8 Å². The van der Waals surface area contributed by atoms with Crippen LogP contribution in [0.2, 0.25) is 0 Å².